The molecule has 0 unspecified atom stereocenters. The van der Waals surface area contributed by atoms with E-state index in [9.17, 15) is 9.59 Å². The third kappa shape index (κ3) is 2.43. The summed E-state index contributed by atoms with van der Waals surface area (Å²) in [7, 11) is 0. The Balaban J connectivity index is 1.92. The smallest absolute Gasteiger partial charge is 0.323 e. The van der Waals surface area contributed by atoms with Crippen LogP contribution < -0.4 is 5.32 Å². The highest BCUT2D eigenvalue weighted by Crippen LogP contribution is 2.34. The number of piperidine rings is 1. The monoisotopic (exact) mass is 225 g/mol. The summed E-state index contributed by atoms with van der Waals surface area (Å²) >= 11 is 0. The molecule has 0 bridgehead atoms. The van der Waals surface area contributed by atoms with Gasteiger partial charge in [0.1, 0.15) is 11.8 Å². The first-order valence-corrected chi connectivity index (χ1v) is 6.12. The van der Waals surface area contributed by atoms with Crippen molar-refractivity contribution in [2.24, 2.45) is 11.8 Å². The van der Waals surface area contributed by atoms with E-state index in [1.807, 2.05) is 6.92 Å². The molecule has 1 N–H and O–H groups in total. The van der Waals surface area contributed by atoms with Crippen LogP contribution in [0.1, 0.15) is 32.6 Å². The molecule has 2 fully saturated rings. The largest absolute Gasteiger partial charge is 0.465 e. The number of ether oxygens (including phenoxy) is 1. The molecular weight excluding hydrogens is 206 g/mol. The number of nitrogens with one attached hydrogen (secondary N) is 1. The molecule has 1 aliphatic heterocycles. The van der Waals surface area contributed by atoms with Gasteiger partial charge in [-0.3, -0.25) is 9.59 Å². The van der Waals surface area contributed by atoms with Gasteiger partial charge in [-0.1, -0.05) is 0 Å². The zero-order valence-electron chi connectivity index (χ0n) is 9.70. The van der Waals surface area contributed by atoms with Gasteiger partial charge < -0.3 is 10.1 Å². The molecule has 16 heavy (non-hydrogen) atoms. The maximum absolute atomic E-state index is 11.6. The lowest BCUT2D eigenvalue weighted by molar-refractivity contribution is -0.147. The van der Waals surface area contributed by atoms with E-state index in [0.717, 1.165) is 19.4 Å². The van der Waals surface area contributed by atoms with Crippen LogP contribution in [0.15, 0.2) is 0 Å². The van der Waals surface area contributed by atoms with Gasteiger partial charge in [0.2, 0.25) is 0 Å². The molecule has 1 saturated heterocycles. The van der Waals surface area contributed by atoms with Crippen LogP contribution in [0.2, 0.25) is 0 Å². The van der Waals surface area contributed by atoms with Crippen LogP contribution in [0.3, 0.4) is 0 Å². The zero-order chi connectivity index (χ0) is 11.5. The summed E-state index contributed by atoms with van der Waals surface area (Å²) in [5.41, 5.74) is 0. The van der Waals surface area contributed by atoms with Gasteiger partial charge in [0.05, 0.1) is 6.61 Å². The minimum absolute atomic E-state index is 0.168. The van der Waals surface area contributed by atoms with Crippen LogP contribution in [0.4, 0.5) is 0 Å². The molecule has 0 radical (unpaired) electrons. The first kappa shape index (κ1) is 11.6. The van der Waals surface area contributed by atoms with Gasteiger partial charge in [0.25, 0.3) is 0 Å². The number of carbonyl (C=O) groups excluding carboxylic acids is 2. The zero-order valence-corrected chi connectivity index (χ0v) is 9.70. The maximum Gasteiger partial charge on any atom is 0.323 e. The summed E-state index contributed by atoms with van der Waals surface area (Å²) in [5, 5.41) is 3.23. The molecule has 4 heteroatoms. The summed E-state index contributed by atoms with van der Waals surface area (Å²) in [4.78, 5) is 23.0. The van der Waals surface area contributed by atoms with Gasteiger partial charge in [0.15, 0.2) is 0 Å². The van der Waals surface area contributed by atoms with E-state index in [4.69, 9.17) is 4.74 Å². The highest BCUT2D eigenvalue weighted by atomic mass is 16.5. The first-order chi connectivity index (χ1) is 7.70. The minimum Gasteiger partial charge on any atom is -0.465 e. The molecule has 0 aromatic heterocycles. The SMILES string of the molecule is CCOC(=O)[C@@H]1C[C@H]2CC(=O)CC[C@@H]2CN1. The van der Waals surface area contributed by atoms with Crippen LogP contribution in [0, 0.1) is 11.8 Å². The van der Waals surface area contributed by atoms with E-state index < -0.39 is 0 Å². The summed E-state index contributed by atoms with van der Waals surface area (Å²) in [6.07, 6.45) is 3.11. The predicted octanol–water partition coefficient (Wildman–Crippen LogP) is 0.897. The molecule has 2 aliphatic rings. The Morgan fingerprint density at radius 1 is 1.50 bits per heavy atom. The fraction of sp³-hybridized carbons (Fsp3) is 0.833. The van der Waals surface area contributed by atoms with Crippen LogP contribution in [-0.2, 0) is 14.3 Å². The highest BCUT2D eigenvalue weighted by molar-refractivity contribution is 5.80. The molecule has 1 heterocycles. The Hall–Kier alpha value is -0.900. The topological polar surface area (TPSA) is 55.4 Å². The highest BCUT2D eigenvalue weighted by Gasteiger charge is 2.37. The summed E-state index contributed by atoms with van der Waals surface area (Å²) < 4.78 is 5.00. The molecule has 0 amide bonds. The fourth-order valence-electron chi connectivity index (χ4n) is 2.79. The van der Waals surface area contributed by atoms with Crippen molar-refractivity contribution in [1.29, 1.82) is 0 Å². The number of hydrogen-bond donors (Lipinski definition) is 1. The fourth-order valence-corrected chi connectivity index (χ4v) is 2.79. The molecule has 90 valence electrons. The van der Waals surface area contributed by atoms with Crippen molar-refractivity contribution in [3.63, 3.8) is 0 Å². The second-order valence-corrected chi connectivity index (χ2v) is 4.75. The van der Waals surface area contributed by atoms with Crippen molar-refractivity contribution in [3.8, 4) is 0 Å². The Kier molecular flexibility index (Phi) is 3.59. The van der Waals surface area contributed by atoms with Crippen molar-refractivity contribution >= 4 is 11.8 Å². The molecule has 1 aliphatic carbocycles. The summed E-state index contributed by atoms with van der Waals surface area (Å²) in [6, 6.07) is -0.202. The van der Waals surface area contributed by atoms with Gasteiger partial charge in [-0.2, -0.15) is 0 Å². The van der Waals surface area contributed by atoms with Crippen molar-refractivity contribution in [1.82, 2.24) is 5.32 Å². The number of fused-ring (bicyclic) bond motifs is 1. The van der Waals surface area contributed by atoms with E-state index >= 15 is 0 Å². The number of hydrogen-bond acceptors (Lipinski definition) is 4. The van der Waals surface area contributed by atoms with E-state index in [1.54, 1.807) is 0 Å². The van der Waals surface area contributed by atoms with Crippen LogP contribution in [-0.4, -0.2) is 30.9 Å². The molecule has 0 spiro atoms. The van der Waals surface area contributed by atoms with Crippen LogP contribution in [0.5, 0.6) is 0 Å². The molecule has 4 nitrogen and oxygen atoms in total. The van der Waals surface area contributed by atoms with Gasteiger partial charge in [-0.15, -0.1) is 0 Å². The van der Waals surface area contributed by atoms with Crippen LogP contribution >= 0.6 is 0 Å². The summed E-state index contributed by atoms with van der Waals surface area (Å²) in [5.74, 6) is 1.14. The van der Waals surface area contributed by atoms with E-state index in [0.29, 0.717) is 37.1 Å². The molecule has 0 aromatic carbocycles. The van der Waals surface area contributed by atoms with Crippen molar-refractivity contribution in [2.45, 2.75) is 38.6 Å². The Morgan fingerprint density at radius 3 is 3.06 bits per heavy atom. The second kappa shape index (κ2) is 4.95. The van der Waals surface area contributed by atoms with Crippen molar-refractivity contribution in [2.75, 3.05) is 13.2 Å². The van der Waals surface area contributed by atoms with E-state index in [1.165, 1.54) is 0 Å². The molecule has 2 rings (SSSR count). The van der Waals surface area contributed by atoms with Gasteiger partial charge in [-0.25, -0.2) is 0 Å². The molecule has 3 atom stereocenters. The first-order valence-electron chi connectivity index (χ1n) is 6.12. The van der Waals surface area contributed by atoms with Gasteiger partial charge in [0, 0.05) is 12.8 Å². The Bertz CT molecular complexity index is 290. The maximum atomic E-state index is 11.6. The van der Waals surface area contributed by atoms with E-state index in [-0.39, 0.29) is 12.0 Å². The van der Waals surface area contributed by atoms with Crippen molar-refractivity contribution in [3.05, 3.63) is 0 Å². The lowest BCUT2D eigenvalue weighted by atomic mass is 9.73. The number of carbonyl (C=O) groups is 2. The summed E-state index contributed by atoms with van der Waals surface area (Å²) in [6.45, 7) is 3.08. The van der Waals surface area contributed by atoms with E-state index in [2.05, 4.69) is 5.32 Å². The van der Waals surface area contributed by atoms with Crippen molar-refractivity contribution < 1.29 is 14.3 Å². The molecular formula is C12H19NO3. The Labute approximate surface area is 95.7 Å². The van der Waals surface area contributed by atoms with Gasteiger partial charge in [-0.05, 0) is 38.1 Å². The quantitative estimate of drug-likeness (QED) is 0.709. The lowest BCUT2D eigenvalue weighted by Crippen LogP contribution is -2.50. The predicted molar refractivity (Wildman–Crippen MR) is 58.9 cm³/mol. The average Bonchev–Trinajstić information content (AvgIpc) is 2.28. The normalized spacial score (nSPS) is 34.3. The second-order valence-electron chi connectivity index (χ2n) is 4.75. The van der Waals surface area contributed by atoms with Crippen LogP contribution in [0.25, 0.3) is 0 Å². The number of esters is 1. The standard InChI is InChI=1S/C12H19NO3/c1-2-16-12(15)11-6-9-5-10(14)4-3-8(9)7-13-11/h8-9,11,13H,2-7H2,1H3/t8-,9-,11+/m1/s1. The number of ketones is 1. The number of rotatable bonds is 2. The third-order valence-corrected chi connectivity index (χ3v) is 3.69. The average molecular weight is 225 g/mol. The van der Waals surface area contributed by atoms with Gasteiger partial charge >= 0.3 is 5.97 Å². The molecule has 1 saturated carbocycles. The minimum atomic E-state index is -0.202. The molecule has 0 aromatic rings. The lowest BCUT2D eigenvalue weighted by Gasteiger charge is -2.38. The third-order valence-electron chi connectivity index (χ3n) is 3.69. The Morgan fingerprint density at radius 2 is 2.31 bits per heavy atom. The number of Topliss-reactive ketones (excluding diaryl/α,β-unsaturated/α-hetero) is 1.